The highest BCUT2D eigenvalue weighted by atomic mass is 31.0. The van der Waals surface area contributed by atoms with E-state index in [1.165, 1.54) is 41.5 Å². The van der Waals surface area contributed by atoms with E-state index in [2.05, 4.69) is 140 Å². The maximum atomic E-state index is 3.34. The predicted molar refractivity (Wildman–Crippen MR) is 148 cm³/mol. The van der Waals surface area contributed by atoms with Crippen LogP contribution in [0, 0.1) is 11.8 Å². The van der Waals surface area contributed by atoms with Crippen molar-refractivity contribution in [2.24, 2.45) is 11.8 Å². The molecule has 0 spiro atoms. The second-order valence-electron chi connectivity index (χ2n) is 9.35. The topological polar surface area (TPSA) is 0 Å². The van der Waals surface area contributed by atoms with Gasteiger partial charge in [-0.05, 0) is 46.9 Å². The maximum absolute atomic E-state index is 3.34. The van der Waals surface area contributed by atoms with E-state index in [1.807, 2.05) is 0 Å². The van der Waals surface area contributed by atoms with Gasteiger partial charge in [-0.15, -0.1) is 18.5 Å². The zero-order valence-corrected chi connectivity index (χ0v) is 21.3. The summed E-state index contributed by atoms with van der Waals surface area (Å²) in [6.07, 6.45) is 3.68. The molecule has 0 nitrogen and oxygen atoms in total. The van der Waals surface area contributed by atoms with Crippen LogP contribution < -0.4 is 0 Å². The molecule has 2 unspecified atom stereocenters. The van der Waals surface area contributed by atoms with Crippen LogP contribution in [0.15, 0.2) is 121 Å². The van der Waals surface area contributed by atoms with E-state index in [0.29, 0.717) is 11.8 Å². The van der Waals surface area contributed by atoms with Crippen LogP contribution in [0.5, 0.6) is 0 Å². The summed E-state index contributed by atoms with van der Waals surface area (Å²) in [7, 11) is 6.67. The number of rotatable bonds is 6. The molecule has 4 atom stereocenters. The predicted octanol–water partition coefficient (Wildman–Crippen LogP) is 8.04. The van der Waals surface area contributed by atoms with Gasteiger partial charge in [0, 0.05) is 10.3 Å². The minimum Gasteiger partial charge on any atom is -0.121 e. The van der Waals surface area contributed by atoms with Crippen LogP contribution in [0.3, 0.4) is 0 Å². The zero-order valence-electron chi connectivity index (χ0n) is 19.0. The minimum atomic E-state index is -0.144. The summed E-state index contributed by atoms with van der Waals surface area (Å²) in [6.45, 7) is 0. The summed E-state index contributed by atoms with van der Waals surface area (Å²) in [4.78, 5) is 0. The monoisotopic (exact) mass is 466 g/mol. The standard InChI is InChI=1S/C31H32P2/c32-30(24-14-5-1-6-15-24,25-16-7-2-8-17-25)28-22-13-23-29(28)31(33,26-18-9-3-10-19-26)27-20-11-4-12-21-27/h1-12,14-21,28-29H,13,22-23,32-33H2/t28-,29-/m1/s1. The van der Waals surface area contributed by atoms with Gasteiger partial charge in [0.15, 0.2) is 0 Å². The molecule has 1 aliphatic rings. The van der Waals surface area contributed by atoms with E-state index in [1.54, 1.807) is 0 Å². The first kappa shape index (κ1) is 22.5. The van der Waals surface area contributed by atoms with Crippen LogP contribution in [0.1, 0.15) is 41.5 Å². The molecule has 33 heavy (non-hydrogen) atoms. The molecular weight excluding hydrogens is 434 g/mol. The van der Waals surface area contributed by atoms with E-state index in [4.69, 9.17) is 0 Å². The Hall–Kier alpha value is -2.26. The Kier molecular flexibility index (Phi) is 6.51. The van der Waals surface area contributed by atoms with Crippen LogP contribution in [-0.4, -0.2) is 0 Å². The smallest absolute Gasteiger partial charge is 0.0375 e. The Labute approximate surface area is 203 Å². The van der Waals surface area contributed by atoms with Gasteiger partial charge in [-0.3, -0.25) is 0 Å². The van der Waals surface area contributed by atoms with Crippen molar-refractivity contribution in [3.8, 4) is 0 Å². The molecule has 4 aromatic carbocycles. The average molecular weight is 467 g/mol. The highest BCUT2D eigenvalue weighted by molar-refractivity contribution is 7.19. The Bertz CT molecular complexity index is 983. The summed E-state index contributed by atoms with van der Waals surface area (Å²) >= 11 is 0. The fraction of sp³-hybridized carbons (Fsp3) is 0.226. The lowest BCUT2D eigenvalue weighted by atomic mass is 9.67. The normalized spacial score (nSPS) is 18.8. The Morgan fingerprint density at radius 2 is 0.667 bits per heavy atom. The highest BCUT2D eigenvalue weighted by Gasteiger charge is 2.51. The van der Waals surface area contributed by atoms with Crippen LogP contribution in [0.2, 0.25) is 0 Å². The van der Waals surface area contributed by atoms with Gasteiger partial charge in [-0.2, -0.15) is 0 Å². The van der Waals surface area contributed by atoms with E-state index in [9.17, 15) is 0 Å². The van der Waals surface area contributed by atoms with Crippen molar-refractivity contribution < 1.29 is 0 Å². The molecule has 0 amide bonds. The molecule has 2 heteroatoms. The van der Waals surface area contributed by atoms with Crippen molar-refractivity contribution in [1.29, 1.82) is 0 Å². The van der Waals surface area contributed by atoms with Gasteiger partial charge in [-0.1, -0.05) is 128 Å². The molecule has 0 aliphatic heterocycles. The third-order valence-electron chi connectivity index (χ3n) is 7.69. The van der Waals surface area contributed by atoms with Crippen LogP contribution in [0.4, 0.5) is 0 Å². The fourth-order valence-electron chi connectivity index (χ4n) is 6.10. The van der Waals surface area contributed by atoms with Crippen molar-refractivity contribution in [2.75, 3.05) is 0 Å². The summed E-state index contributed by atoms with van der Waals surface area (Å²) in [6, 6.07) is 44.5. The van der Waals surface area contributed by atoms with E-state index in [0.717, 1.165) is 0 Å². The van der Waals surface area contributed by atoms with Gasteiger partial charge < -0.3 is 0 Å². The van der Waals surface area contributed by atoms with Crippen molar-refractivity contribution >= 4 is 18.5 Å². The van der Waals surface area contributed by atoms with E-state index < -0.39 is 0 Å². The number of hydrogen-bond acceptors (Lipinski definition) is 0. The van der Waals surface area contributed by atoms with Gasteiger partial charge in [0.2, 0.25) is 0 Å². The molecule has 166 valence electrons. The molecule has 1 aliphatic carbocycles. The van der Waals surface area contributed by atoms with Crippen LogP contribution in [-0.2, 0) is 10.3 Å². The summed E-state index contributed by atoms with van der Waals surface area (Å²) < 4.78 is 0. The highest BCUT2D eigenvalue weighted by Crippen LogP contribution is 2.61. The summed E-state index contributed by atoms with van der Waals surface area (Å²) in [5.41, 5.74) is 5.52. The Balaban J connectivity index is 1.70. The molecule has 1 fully saturated rings. The molecule has 0 bridgehead atoms. The first-order chi connectivity index (χ1) is 16.1. The SMILES string of the molecule is PC(c1ccccc1)(c1ccccc1)[C@@H]1CCC[C@H]1C(P)(c1ccccc1)c1ccccc1. The van der Waals surface area contributed by atoms with Gasteiger partial charge >= 0.3 is 0 Å². The Morgan fingerprint density at radius 1 is 0.424 bits per heavy atom. The molecule has 0 radical (unpaired) electrons. The average Bonchev–Trinajstić information content (AvgIpc) is 3.41. The Morgan fingerprint density at radius 3 is 0.909 bits per heavy atom. The van der Waals surface area contributed by atoms with Crippen LogP contribution >= 0.6 is 18.5 Å². The lowest BCUT2D eigenvalue weighted by Crippen LogP contribution is -2.41. The third kappa shape index (κ3) is 3.99. The third-order valence-corrected chi connectivity index (χ3v) is 9.88. The fourth-order valence-corrected chi connectivity index (χ4v) is 7.66. The molecule has 5 rings (SSSR count). The molecule has 1 saturated carbocycles. The minimum absolute atomic E-state index is 0.144. The van der Waals surface area contributed by atoms with Crippen molar-refractivity contribution in [3.05, 3.63) is 144 Å². The van der Waals surface area contributed by atoms with E-state index in [-0.39, 0.29) is 10.3 Å². The van der Waals surface area contributed by atoms with Crippen molar-refractivity contribution in [2.45, 2.75) is 29.6 Å². The molecule has 0 heterocycles. The molecule has 0 aromatic heterocycles. The molecule has 4 aromatic rings. The van der Waals surface area contributed by atoms with Gasteiger partial charge in [0.05, 0.1) is 0 Å². The lowest BCUT2D eigenvalue weighted by Gasteiger charge is -2.47. The van der Waals surface area contributed by atoms with Gasteiger partial charge in [-0.25, -0.2) is 0 Å². The number of hydrogen-bond donors (Lipinski definition) is 0. The summed E-state index contributed by atoms with van der Waals surface area (Å²) in [5.74, 6) is 0.954. The number of benzene rings is 4. The summed E-state index contributed by atoms with van der Waals surface area (Å²) in [5, 5.41) is -0.288. The lowest BCUT2D eigenvalue weighted by molar-refractivity contribution is 0.281. The first-order valence-electron chi connectivity index (χ1n) is 11.9. The first-order valence-corrected chi connectivity index (χ1v) is 13.1. The quantitative estimate of drug-likeness (QED) is 0.252. The maximum Gasteiger partial charge on any atom is 0.0375 e. The van der Waals surface area contributed by atoms with E-state index >= 15 is 0 Å². The van der Waals surface area contributed by atoms with Gasteiger partial charge in [0.1, 0.15) is 0 Å². The zero-order chi connectivity index (χ0) is 22.7. The van der Waals surface area contributed by atoms with Crippen molar-refractivity contribution in [1.82, 2.24) is 0 Å². The molecule has 0 saturated heterocycles. The second-order valence-corrected chi connectivity index (χ2v) is 11.2. The largest absolute Gasteiger partial charge is 0.121 e. The molecule has 0 N–H and O–H groups in total. The molecular formula is C31H32P2. The van der Waals surface area contributed by atoms with Crippen LogP contribution in [0.25, 0.3) is 0 Å². The van der Waals surface area contributed by atoms with Gasteiger partial charge in [0.25, 0.3) is 0 Å². The van der Waals surface area contributed by atoms with Crippen molar-refractivity contribution in [3.63, 3.8) is 0 Å². The second kappa shape index (κ2) is 9.54.